The third-order valence-corrected chi connectivity index (χ3v) is 10.7. The van der Waals surface area contributed by atoms with Crippen LogP contribution in [0.15, 0.2) is 73.1 Å². The van der Waals surface area contributed by atoms with Gasteiger partial charge in [0.15, 0.2) is 22.9 Å². The normalized spacial score (nSPS) is 11.6. The van der Waals surface area contributed by atoms with Crippen molar-refractivity contribution in [3.05, 3.63) is 129 Å². The second kappa shape index (κ2) is 17.9. The van der Waals surface area contributed by atoms with Gasteiger partial charge in [-0.1, -0.05) is 10.1 Å². The molecule has 0 saturated heterocycles. The summed E-state index contributed by atoms with van der Waals surface area (Å²) in [4.78, 5) is 8.74. The van der Waals surface area contributed by atoms with Crippen molar-refractivity contribution >= 4 is 11.3 Å². The topological polar surface area (TPSA) is 138 Å². The van der Waals surface area contributed by atoms with Crippen molar-refractivity contribution in [1.29, 1.82) is 0 Å². The van der Waals surface area contributed by atoms with Crippen LogP contribution >= 0.6 is 0 Å². The van der Waals surface area contributed by atoms with E-state index in [9.17, 15) is 4.39 Å². The van der Waals surface area contributed by atoms with Gasteiger partial charge in [0.1, 0.15) is 22.9 Å². The number of nitrogens with zero attached hydrogens (tertiary/aromatic N) is 14. The van der Waals surface area contributed by atoms with Gasteiger partial charge in [0.05, 0.1) is 43.4 Å². The quantitative estimate of drug-likeness (QED) is 0.117. The van der Waals surface area contributed by atoms with Gasteiger partial charge in [-0.05, 0) is 103 Å². The summed E-state index contributed by atoms with van der Waals surface area (Å²) in [5.41, 5.74) is 10.7. The van der Waals surface area contributed by atoms with E-state index in [0.29, 0.717) is 44.0 Å². The van der Waals surface area contributed by atoms with Crippen molar-refractivity contribution in [1.82, 2.24) is 63.8 Å². The molecular weight excluding hydrogens is 788 g/mol. The highest BCUT2D eigenvalue weighted by Gasteiger charge is 2.18. The molecule has 0 spiro atoms. The molecular formula is C45H50FN14O2+. The summed E-state index contributed by atoms with van der Waals surface area (Å²) >= 11 is 0. The van der Waals surface area contributed by atoms with E-state index in [1.54, 1.807) is 10.7 Å². The zero-order valence-corrected chi connectivity index (χ0v) is 36.3. The van der Waals surface area contributed by atoms with E-state index < -0.39 is 0 Å². The Labute approximate surface area is 359 Å². The van der Waals surface area contributed by atoms with Gasteiger partial charge in [-0.25, -0.2) is 4.39 Å². The third kappa shape index (κ3) is 9.02. The van der Waals surface area contributed by atoms with Crippen LogP contribution in [0.1, 0.15) is 45.6 Å². The fraction of sp³-hybridized carbons (Fsp3) is 0.333. The van der Waals surface area contributed by atoms with Gasteiger partial charge in [-0.3, -0.25) is 13.5 Å². The molecule has 16 nitrogen and oxygen atoms in total. The van der Waals surface area contributed by atoms with Crippen molar-refractivity contribution < 1.29 is 13.9 Å². The minimum atomic E-state index is -0.388. The average molecular weight is 838 g/mol. The maximum Gasteiger partial charge on any atom is 0.358 e. The van der Waals surface area contributed by atoms with E-state index in [4.69, 9.17) is 9.47 Å². The second-order valence-electron chi connectivity index (χ2n) is 15.9. The van der Waals surface area contributed by atoms with E-state index in [2.05, 4.69) is 64.7 Å². The monoisotopic (exact) mass is 837 g/mol. The molecule has 8 rings (SSSR count). The number of aryl methyl sites for hydroxylation is 3. The van der Waals surface area contributed by atoms with E-state index in [-0.39, 0.29) is 19.1 Å². The Bertz CT molecular complexity index is 2950. The van der Waals surface area contributed by atoms with Gasteiger partial charge in [-0.15, -0.1) is 25.5 Å². The van der Waals surface area contributed by atoms with Crippen LogP contribution < -0.4 is 9.47 Å². The lowest BCUT2D eigenvalue weighted by Crippen LogP contribution is -2.13. The maximum atomic E-state index is 14.6. The SMILES string of the molecule is Cc1nn(C)c(C)c1CCOc1cc(C#[N+]Cn2nnc(C)c2CCOc2cc(F)ccc2-c2ccc3nnc(CN(C)C)n3c2)ccc1-c1ccc2nnc(CN(C)C)n2c1. The number of ether oxygens (including phenoxy) is 2. The Hall–Kier alpha value is -7.03. The predicted octanol–water partition coefficient (Wildman–Crippen LogP) is 6.20. The molecule has 0 bridgehead atoms. The Morgan fingerprint density at radius 1 is 0.694 bits per heavy atom. The largest absolute Gasteiger partial charge is 0.493 e. The molecule has 0 unspecified atom stereocenters. The number of halogens is 1. The highest BCUT2D eigenvalue weighted by molar-refractivity contribution is 5.73. The third-order valence-electron chi connectivity index (χ3n) is 10.7. The molecule has 8 aromatic rings. The summed E-state index contributed by atoms with van der Waals surface area (Å²) in [5, 5.41) is 30.7. The molecule has 0 saturated carbocycles. The lowest BCUT2D eigenvalue weighted by molar-refractivity contribution is 0.317. The van der Waals surface area contributed by atoms with E-state index in [1.165, 1.54) is 17.7 Å². The van der Waals surface area contributed by atoms with Crippen molar-refractivity contribution in [3.63, 3.8) is 0 Å². The summed E-state index contributed by atoms with van der Waals surface area (Å²) in [6, 6.07) is 21.6. The van der Waals surface area contributed by atoms with Crippen molar-refractivity contribution in [3.8, 4) is 39.8 Å². The molecule has 318 valence electrons. The molecule has 0 radical (unpaired) electrons. The van der Waals surface area contributed by atoms with Crippen LogP contribution in [0.5, 0.6) is 11.5 Å². The highest BCUT2D eigenvalue weighted by Crippen LogP contribution is 2.33. The predicted molar refractivity (Wildman–Crippen MR) is 234 cm³/mol. The lowest BCUT2D eigenvalue weighted by Gasteiger charge is -2.13. The number of benzene rings is 2. The lowest BCUT2D eigenvalue weighted by atomic mass is 10.0. The fourth-order valence-corrected chi connectivity index (χ4v) is 7.52. The zero-order chi connectivity index (χ0) is 43.5. The minimum absolute atomic E-state index is 0.187. The standard InChI is InChI=1S/C45H50FN14O2/c1-29-36(31(3)57(8)53-29)17-19-61-40-21-32(9-13-37(40)33-10-15-42-49-51-44(26-55(4)5)58(42)24-33)23-47-28-60-39(30(2)48-54-60)18-20-62-41-22-35(46)12-14-38(41)34-11-16-43-50-52-45(27-56(6)7)59(43)25-34/h9-16,21-22,24-25H,17-20,26-28H2,1-8H3/q+1. The fourth-order valence-electron chi connectivity index (χ4n) is 7.52. The van der Waals surface area contributed by atoms with Crippen molar-refractivity contribution in [2.75, 3.05) is 41.4 Å². The van der Waals surface area contributed by atoms with Crippen LogP contribution in [0, 0.1) is 32.7 Å². The first-order chi connectivity index (χ1) is 29.9. The molecule has 6 aromatic heterocycles. The molecule has 6 heterocycles. The number of rotatable bonds is 15. The van der Waals surface area contributed by atoms with Crippen LogP contribution in [-0.2, 0) is 39.6 Å². The number of fused-ring (bicyclic) bond motifs is 2. The second-order valence-corrected chi connectivity index (χ2v) is 15.9. The number of pyridine rings is 2. The summed E-state index contributed by atoms with van der Waals surface area (Å²) < 4.78 is 35.0. The first-order valence-corrected chi connectivity index (χ1v) is 20.4. The maximum absolute atomic E-state index is 14.6. The van der Waals surface area contributed by atoms with Crippen LogP contribution in [0.3, 0.4) is 0 Å². The molecule has 0 N–H and O–H groups in total. The molecule has 17 heteroatoms. The van der Waals surface area contributed by atoms with Crippen LogP contribution in [0.4, 0.5) is 4.39 Å². The molecule has 0 aliphatic carbocycles. The highest BCUT2D eigenvalue weighted by atomic mass is 19.1. The minimum Gasteiger partial charge on any atom is -0.493 e. The van der Waals surface area contributed by atoms with Crippen LogP contribution in [-0.4, -0.2) is 105 Å². The average Bonchev–Trinajstić information content (AvgIpc) is 3.99. The molecule has 0 atom stereocenters. The summed E-state index contributed by atoms with van der Waals surface area (Å²) in [6.45, 7) is 8.18. The number of aromatic nitrogens is 11. The van der Waals surface area contributed by atoms with E-state index in [0.717, 1.165) is 73.5 Å². The number of hydrogen-bond acceptors (Lipinski definition) is 11. The molecule has 0 fully saturated rings. The molecule has 0 aliphatic heterocycles. The first-order valence-electron chi connectivity index (χ1n) is 20.4. The van der Waals surface area contributed by atoms with Gasteiger partial charge in [0.2, 0.25) is 0 Å². The summed E-state index contributed by atoms with van der Waals surface area (Å²) in [6.07, 6.45) is 5.19. The van der Waals surface area contributed by atoms with Gasteiger partial charge < -0.3 is 19.3 Å². The summed E-state index contributed by atoms with van der Waals surface area (Å²) in [7, 11) is 9.93. The van der Waals surface area contributed by atoms with Crippen LogP contribution in [0.2, 0.25) is 0 Å². The summed E-state index contributed by atoms with van der Waals surface area (Å²) in [5.74, 6) is 2.39. The Balaban J connectivity index is 0.998. The van der Waals surface area contributed by atoms with Gasteiger partial charge >= 0.3 is 12.7 Å². The molecule has 0 aliphatic rings. The van der Waals surface area contributed by atoms with Gasteiger partial charge in [0.25, 0.3) is 0 Å². The zero-order valence-electron chi connectivity index (χ0n) is 36.3. The van der Waals surface area contributed by atoms with Gasteiger partial charge in [-0.2, -0.15) is 9.78 Å². The first kappa shape index (κ1) is 41.7. The molecule has 0 amide bonds. The van der Waals surface area contributed by atoms with Crippen LogP contribution in [0.25, 0.3) is 38.4 Å². The van der Waals surface area contributed by atoms with Crippen molar-refractivity contribution in [2.24, 2.45) is 7.05 Å². The Morgan fingerprint density at radius 2 is 1.29 bits per heavy atom. The number of hydrogen-bond donors (Lipinski definition) is 0. The molecule has 62 heavy (non-hydrogen) atoms. The Morgan fingerprint density at radius 3 is 1.89 bits per heavy atom. The Kier molecular flexibility index (Phi) is 12.0. The van der Waals surface area contributed by atoms with Crippen molar-refractivity contribution in [2.45, 2.75) is 53.4 Å². The van der Waals surface area contributed by atoms with E-state index >= 15 is 0 Å². The van der Waals surface area contributed by atoms with E-state index in [1.807, 2.05) is 116 Å². The van der Waals surface area contributed by atoms with Gasteiger partial charge in [0, 0.05) is 72.4 Å². The smallest absolute Gasteiger partial charge is 0.358 e. The molecule has 2 aromatic carbocycles.